The fraction of sp³-hybridized carbons (Fsp3) is 0.143. The molecule has 0 aliphatic carbocycles. The van der Waals surface area contributed by atoms with Gasteiger partial charge in [0.15, 0.2) is 5.58 Å². The average molecular weight is 407 g/mol. The van der Waals surface area contributed by atoms with Gasteiger partial charge >= 0.3 is 0 Å². The molecule has 4 rings (SSSR count). The molecule has 7 nitrogen and oxygen atoms in total. The van der Waals surface area contributed by atoms with E-state index in [0.29, 0.717) is 28.8 Å². The van der Waals surface area contributed by atoms with Crippen LogP contribution in [0.2, 0.25) is 0 Å². The largest absolute Gasteiger partial charge is 0.456 e. The molecule has 29 heavy (non-hydrogen) atoms. The van der Waals surface area contributed by atoms with Crippen molar-refractivity contribution in [1.82, 2.24) is 15.6 Å². The van der Waals surface area contributed by atoms with Crippen molar-refractivity contribution in [1.29, 1.82) is 0 Å². The monoisotopic (exact) mass is 407 g/mol. The smallest absolute Gasteiger partial charge is 0.290 e. The zero-order valence-electron chi connectivity index (χ0n) is 15.3. The van der Waals surface area contributed by atoms with E-state index in [-0.39, 0.29) is 10.8 Å². The second-order valence-electron chi connectivity index (χ2n) is 6.45. The molecule has 1 aromatic carbocycles. The highest BCUT2D eigenvalue weighted by molar-refractivity contribution is 8.18. The Morgan fingerprint density at radius 3 is 2.79 bits per heavy atom. The Balaban J connectivity index is 1.45. The number of amides is 3. The van der Waals surface area contributed by atoms with Crippen molar-refractivity contribution in [3.63, 3.8) is 0 Å². The van der Waals surface area contributed by atoms with Crippen LogP contribution in [-0.2, 0) is 11.2 Å². The maximum Gasteiger partial charge on any atom is 0.290 e. The number of hydrogen-bond donors (Lipinski definition) is 2. The van der Waals surface area contributed by atoms with Crippen LogP contribution >= 0.6 is 11.8 Å². The van der Waals surface area contributed by atoms with Crippen molar-refractivity contribution in [3.8, 4) is 0 Å². The molecule has 1 aliphatic heterocycles. The number of fused-ring (bicyclic) bond motifs is 1. The molecule has 1 aliphatic rings. The second-order valence-corrected chi connectivity index (χ2v) is 7.47. The predicted octanol–water partition coefficient (Wildman–Crippen LogP) is 3.51. The molecule has 2 N–H and O–H groups in total. The maximum atomic E-state index is 12.6. The number of aromatic nitrogens is 1. The number of furan rings is 1. The number of benzene rings is 1. The van der Waals surface area contributed by atoms with E-state index < -0.39 is 11.1 Å². The molecule has 1 fully saturated rings. The van der Waals surface area contributed by atoms with E-state index in [4.69, 9.17) is 4.42 Å². The molecule has 0 saturated carbocycles. The van der Waals surface area contributed by atoms with E-state index in [1.54, 1.807) is 12.3 Å². The molecule has 2 aromatic heterocycles. The Morgan fingerprint density at radius 2 is 2.03 bits per heavy atom. The van der Waals surface area contributed by atoms with E-state index in [1.165, 1.54) is 17.8 Å². The number of imide groups is 1. The number of nitrogens with one attached hydrogen (secondary N) is 2. The zero-order chi connectivity index (χ0) is 20.2. The topological polar surface area (TPSA) is 101 Å². The van der Waals surface area contributed by atoms with Gasteiger partial charge < -0.3 is 9.73 Å². The van der Waals surface area contributed by atoms with E-state index >= 15 is 0 Å². The number of hydrogen-bond acceptors (Lipinski definition) is 6. The average Bonchev–Trinajstić information content (AvgIpc) is 3.27. The van der Waals surface area contributed by atoms with Crippen LogP contribution in [0.15, 0.2) is 58.1 Å². The SMILES string of the molecule is O=C1NC(=O)/C(=C\c2cc3cncc(C(=O)NCCCc4ccccc4)c3o2)S1. The number of carbonyl (C=O) groups excluding carboxylic acids is 3. The first kappa shape index (κ1) is 18.9. The highest BCUT2D eigenvalue weighted by Gasteiger charge is 2.25. The molecule has 8 heteroatoms. The van der Waals surface area contributed by atoms with Crippen LogP contribution in [0, 0.1) is 0 Å². The Hall–Kier alpha value is -3.39. The first-order valence-corrected chi connectivity index (χ1v) is 9.86. The van der Waals surface area contributed by atoms with Crippen molar-refractivity contribution in [2.24, 2.45) is 0 Å². The van der Waals surface area contributed by atoms with Crippen LogP contribution in [0.1, 0.15) is 28.1 Å². The number of nitrogens with zero attached hydrogens (tertiary/aromatic N) is 1. The van der Waals surface area contributed by atoms with Gasteiger partial charge in [-0.25, -0.2) is 0 Å². The number of rotatable bonds is 6. The Morgan fingerprint density at radius 1 is 1.21 bits per heavy atom. The standard InChI is InChI=1S/C21H17N3O4S/c25-19(23-8-4-7-13-5-2-1-3-6-13)16-12-22-11-14-9-15(28-18(14)16)10-17-20(26)24-21(27)29-17/h1-3,5-6,9-12H,4,7-8H2,(H,23,25)(H,24,26,27)/b17-10+. The minimum absolute atomic E-state index is 0.244. The van der Waals surface area contributed by atoms with Gasteiger partial charge in [0.2, 0.25) is 0 Å². The van der Waals surface area contributed by atoms with Gasteiger partial charge in [-0.2, -0.15) is 0 Å². The fourth-order valence-electron chi connectivity index (χ4n) is 3.00. The van der Waals surface area contributed by atoms with Crippen LogP contribution in [0.25, 0.3) is 17.0 Å². The van der Waals surface area contributed by atoms with Crippen LogP contribution in [0.5, 0.6) is 0 Å². The van der Waals surface area contributed by atoms with Crippen LogP contribution in [0.3, 0.4) is 0 Å². The fourth-order valence-corrected chi connectivity index (χ4v) is 3.66. The Bertz CT molecular complexity index is 1120. The van der Waals surface area contributed by atoms with Crippen molar-refractivity contribution < 1.29 is 18.8 Å². The third-order valence-electron chi connectivity index (χ3n) is 4.37. The Kier molecular flexibility index (Phi) is 5.44. The molecule has 1 saturated heterocycles. The summed E-state index contributed by atoms with van der Waals surface area (Å²) in [6.45, 7) is 0.528. The molecule has 3 heterocycles. The lowest BCUT2D eigenvalue weighted by Gasteiger charge is -2.05. The number of pyridine rings is 1. The van der Waals surface area contributed by atoms with Crippen molar-refractivity contribution in [2.75, 3.05) is 6.54 Å². The van der Waals surface area contributed by atoms with Crippen LogP contribution in [-0.4, -0.2) is 28.6 Å². The molecular formula is C21H17N3O4S. The second kappa shape index (κ2) is 8.32. The van der Waals surface area contributed by atoms with Gasteiger partial charge in [-0.3, -0.25) is 24.7 Å². The number of carbonyl (C=O) groups is 3. The minimum atomic E-state index is -0.463. The van der Waals surface area contributed by atoms with Gasteiger partial charge in [0.25, 0.3) is 17.1 Å². The van der Waals surface area contributed by atoms with Gasteiger partial charge in [-0.15, -0.1) is 0 Å². The quantitative estimate of drug-likeness (QED) is 0.479. The molecule has 0 radical (unpaired) electrons. The zero-order valence-corrected chi connectivity index (χ0v) is 16.1. The third-order valence-corrected chi connectivity index (χ3v) is 5.18. The molecule has 0 bridgehead atoms. The van der Waals surface area contributed by atoms with Crippen molar-refractivity contribution >= 4 is 45.9 Å². The molecular weight excluding hydrogens is 390 g/mol. The van der Waals surface area contributed by atoms with Gasteiger partial charge in [0, 0.05) is 30.4 Å². The highest BCUT2D eigenvalue weighted by Crippen LogP contribution is 2.29. The van der Waals surface area contributed by atoms with E-state index in [1.807, 2.05) is 18.2 Å². The van der Waals surface area contributed by atoms with Crippen molar-refractivity contribution in [2.45, 2.75) is 12.8 Å². The number of thioether (sulfide) groups is 1. The summed E-state index contributed by atoms with van der Waals surface area (Å²) in [5, 5.41) is 5.30. The molecule has 0 atom stereocenters. The highest BCUT2D eigenvalue weighted by atomic mass is 32.2. The normalized spacial score (nSPS) is 15.1. The van der Waals surface area contributed by atoms with Crippen LogP contribution < -0.4 is 10.6 Å². The number of aryl methyl sites for hydroxylation is 1. The molecule has 0 spiro atoms. The Labute approximate surface area is 170 Å². The summed E-state index contributed by atoms with van der Waals surface area (Å²) < 4.78 is 5.76. The first-order valence-electron chi connectivity index (χ1n) is 9.05. The lowest BCUT2D eigenvalue weighted by Crippen LogP contribution is -2.25. The summed E-state index contributed by atoms with van der Waals surface area (Å²) >= 11 is 0.807. The summed E-state index contributed by atoms with van der Waals surface area (Å²) in [5.41, 5.74) is 1.94. The lowest BCUT2D eigenvalue weighted by molar-refractivity contribution is -0.115. The van der Waals surface area contributed by atoms with Crippen LogP contribution in [0.4, 0.5) is 4.79 Å². The van der Waals surface area contributed by atoms with E-state index in [0.717, 1.165) is 24.6 Å². The molecule has 0 unspecified atom stereocenters. The molecule has 3 amide bonds. The van der Waals surface area contributed by atoms with Gasteiger partial charge in [-0.05, 0) is 36.2 Å². The van der Waals surface area contributed by atoms with Gasteiger partial charge in [0.05, 0.1) is 4.91 Å². The van der Waals surface area contributed by atoms with E-state index in [9.17, 15) is 14.4 Å². The maximum absolute atomic E-state index is 12.6. The van der Waals surface area contributed by atoms with E-state index in [2.05, 4.69) is 27.8 Å². The minimum Gasteiger partial charge on any atom is -0.456 e. The summed E-state index contributed by atoms with van der Waals surface area (Å²) in [5.74, 6) is -0.360. The summed E-state index contributed by atoms with van der Waals surface area (Å²) in [6, 6.07) is 11.8. The first-order chi connectivity index (χ1) is 14.1. The molecule has 146 valence electrons. The summed E-state index contributed by atoms with van der Waals surface area (Å²) in [4.78, 5) is 39.9. The van der Waals surface area contributed by atoms with Gasteiger partial charge in [-0.1, -0.05) is 30.3 Å². The molecule has 3 aromatic rings. The van der Waals surface area contributed by atoms with Gasteiger partial charge in [0.1, 0.15) is 11.3 Å². The predicted molar refractivity (Wildman–Crippen MR) is 110 cm³/mol. The third kappa shape index (κ3) is 4.38. The van der Waals surface area contributed by atoms with Crippen molar-refractivity contribution in [3.05, 3.63) is 70.6 Å². The summed E-state index contributed by atoms with van der Waals surface area (Å²) in [7, 11) is 0. The summed E-state index contributed by atoms with van der Waals surface area (Å²) in [6.07, 6.45) is 6.21. The lowest BCUT2D eigenvalue weighted by atomic mass is 10.1.